The van der Waals surface area contributed by atoms with Gasteiger partial charge in [-0.2, -0.15) is 0 Å². The average molecular weight is 449 g/mol. The summed E-state index contributed by atoms with van der Waals surface area (Å²) in [5.41, 5.74) is 2.90. The van der Waals surface area contributed by atoms with Gasteiger partial charge in [-0.25, -0.2) is 8.42 Å². The second-order valence-corrected chi connectivity index (χ2v) is 10.0. The van der Waals surface area contributed by atoms with Gasteiger partial charge in [0.2, 0.25) is 11.8 Å². The molecule has 1 heterocycles. The van der Waals surface area contributed by atoms with Gasteiger partial charge in [0.1, 0.15) is 0 Å². The molecular weight excluding hydrogens is 424 g/mol. The van der Waals surface area contributed by atoms with Crippen molar-refractivity contribution in [2.24, 2.45) is 0 Å². The Morgan fingerprint density at radius 2 is 1.97 bits per heavy atom. The Balaban J connectivity index is 1.71. The van der Waals surface area contributed by atoms with E-state index in [0.717, 1.165) is 16.8 Å². The van der Waals surface area contributed by atoms with Crippen LogP contribution in [0.25, 0.3) is 0 Å². The van der Waals surface area contributed by atoms with Gasteiger partial charge in [0.15, 0.2) is 9.84 Å². The number of nitrogens with zero attached hydrogens (tertiary/aromatic N) is 1. The number of hydrogen-bond donors (Lipinski definition) is 1. The monoisotopic (exact) mass is 448 g/mol. The van der Waals surface area contributed by atoms with E-state index in [2.05, 4.69) is 5.32 Å². The standard InChI is InChI=1S/C22H25ClN2O4S/c1-4-22(27)25-14(2)12-16-13-17(8-9-20(16)25)30(28,29)11-10-21(26)24-19-7-5-6-18(23)15(19)3/h5-9,13-14H,4,10-12H2,1-3H3,(H,24,26). The van der Waals surface area contributed by atoms with Crippen LogP contribution in [-0.4, -0.2) is 32.0 Å². The number of carbonyl (C=O) groups is 2. The fourth-order valence-corrected chi connectivity index (χ4v) is 5.11. The van der Waals surface area contributed by atoms with Crippen molar-refractivity contribution in [3.05, 3.63) is 52.5 Å². The highest BCUT2D eigenvalue weighted by molar-refractivity contribution is 7.91. The summed E-state index contributed by atoms with van der Waals surface area (Å²) < 4.78 is 25.6. The second kappa shape index (κ2) is 8.78. The summed E-state index contributed by atoms with van der Waals surface area (Å²) in [4.78, 5) is 26.4. The van der Waals surface area contributed by atoms with Gasteiger partial charge in [-0.3, -0.25) is 9.59 Å². The molecule has 1 aliphatic heterocycles. The molecule has 1 aliphatic rings. The highest BCUT2D eigenvalue weighted by atomic mass is 35.5. The van der Waals surface area contributed by atoms with Crippen LogP contribution in [0.1, 0.15) is 37.8 Å². The summed E-state index contributed by atoms with van der Waals surface area (Å²) in [7, 11) is -3.64. The molecule has 0 fully saturated rings. The van der Waals surface area contributed by atoms with Crippen molar-refractivity contribution in [1.82, 2.24) is 0 Å². The number of rotatable bonds is 6. The SMILES string of the molecule is CCC(=O)N1c2ccc(S(=O)(=O)CCC(=O)Nc3cccc(Cl)c3C)cc2CC1C. The van der Waals surface area contributed by atoms with E-state index in [-0.39, 0.29) is 29.0 Å². The van der Waals surface area contributed by atoms with E-state index < -0.39 is 15.7 Å². The predicted octanol–water partition coefficient (Wildman–Crippen LogP) is 4.14. The zero-order valence-corrected chi connectivity index (χ0v) is 18.8. The van der Waals surface area contributed by atoms with E-state index in [4.69, 9.17) is 11.6 Å². The Bertz CT molecular complexity index is 1100. The normalized spacial score (nSPS) is 15.7. The van der Waals surface area contributed by atoms with E-state index in [9.17, 15) is 18.0 Å². The van der Waals surface area contributed by atoms with Crippen molar-refractivity contribution in [2.45, 2.75) is 51.0 Å². The highest BCUT2D eigenvalue weighted by Crippen LogP contribution is 2.34. The van der Waals surface area contributed by atoms with E-state index in [1.165, 1.54) is 6.07 Å². The maximum absolute atomic E-state index is 12.8. The molecule has 3 rings (SSSR count). The number of hydrogen-bond acceptors (Lipinski definition) is 4. The van der Waals surface area contributed by atoms with Gasteiger partial charge in [-0.05, 0) is 61.7 Å². The topological polar surface area (TPSA) is 83.6 Å². The fourth-order valence-electron chi connectivity index (χ4n) is 3.65. The molecule has 0 saturated carbocycles. The van der Waals surface area contributed by atoms with Crippen LogP contribution in [0.4, 0.5) is 11.4 Å². The zero-order valence-electron chi connectivity index (χ0n) is 17.2. The summed E-state index contributed by atoms with van der Waals surface area (Å²) in [5.74, 6) is -0.673. The highest BCUT2D eigenvalue weighted by Gasteiger charge is 2.31. The molecule has 0 bridgehead atoms. The first-order valence-electron chi connectivity index (χ1n) is 9.86. The third-order valence-electron chi connectivity index (χ3n) is 5.34. The van der Waals surface area contributed by atoms with Crippen molar-refractivity contribution >= 4 is 44.6 Å². The Kier molecular flexibility index (Phi) is 6.53. The molecule has 1 N–H and O–H groups in total. The summed E-state index contributed by atoms with van der Waals surface area (Å²) in [5, 5.41) is 3.25. The minimum Gasteiger partial charge on any atom is -0.326 e. The van der Waals surface area contributed by atoms with E-state index in [1.807, 2.05) is 13.8 Å². The molecule has 2 amide bonds. The van der Waals surface area contributed by atoms with Crippen molar-refractivity contribution in [2.75, 3.05) is 16.0 Å². The van der Waals surface area contributed by atoms with E-state index >= 15 is 0 Å². The molecule has 0 spiro atoms. The van der Waals surface area contributed by atoms with Crippen LogP contribution >= 0.6 is 11.6 Å². The van der Waals surface area contributed by atoms with Gasteiger partial charge < -0.3 is 10.2 Å². The lowest BCUT2D eigenvalue weighted by Crippen LogP contribution is -2.35. The maximum Gasteiger partial charge on any atom is 0.226 e. The molecule has 0 aliphatic carbocycles. The number of benzene rings is 2. The first-order chi connectivity index (χ1) is 14.1. The van der Waals surface area contributed by atoms with Crippen molar-refractivity contribution in [3.8, 4) is 0 Å². The first-order valence-corrected chi connectivity index (χ1v) is 11.9. The van der Waals surface area contributed by atoms with Crippen LogP contribution < -0.4 is 10.2 Å². The van der Waals surface area contributed by atoms with E-state index in [0.29, 0.717) is 23.6 Å². The fraction of sp³-hybridized carbons (Fsp3) is 0.364. The van der Waals surface area contributed by atoms with Gasteiger partial charge in [0, 0.05) is 35.3 Å². The molecule has 2 aromatic carbocycles. The Morgan fingerprint density at radius 3 is 2.67 bits per heavy atom. The smallest absolute Gasteiger partial charge is 0.226 e. The largest absolute Gasteiger partial charge is 0.326 e. The summed E-state index contributed by atoms with van der Waals surface area (Å²) >= 11 is 6.05. The maximum atomic E-state index is 12.8. The molecule has 6 nitrogen and oxygen atoms in total. The third kappa shape index (κ3) is 4.52. The lowest BCUT2D eigenvalue weighted by Gasteiger charge is -2.22. The van der Waals surface area contributed by atoms with Gasteiger partial charge in [-0.15, -0.1) is 0 Å². The van der Waals surface area contributed by atoms with Gasteiger partial charge in [0.25, 0.3) is 0 Å². The van der Waals surface area contributed by atoms with Crippen LogP contribution in [0.15, 0.2) is 41.3 Å². The predicted molar refractivity (Wildman–Crippen MR) is 119 cm³/mol. The number of nitrogens with one attached hydrogen (secondary N) is 1. The number of halogens is 1. The molecule has 0 radical (unpaired) electrons. The molecule has 8 heteroatoms. The van der Waals surface area contributed by atoms with Gasteiger partial charge >= 0.3 is 0 Å². The summed E-state index contributed by atoms with van der Waals surface area (Å²) in [6, 6.07) is 10.00. The third-order valence-corrected chi connectivity index (χ3v) is 7.46. The Labute approximate surface area is 182 Å². The van der Waals surface area contributed by atoms with Crippen LogP contribution in [0.5, 0.6) is 0 Å². The van der Waals surface area contributed by atoms with Crippen molar-refractivity contribution < 1.29 is 18.0 Å². The van der Waals surface area contributed by atoms with Crippen molar-refractivity contribution in [3.63, 3.8) is 0 Å². The lowest BCUT2D eigenvalue weighted by atomic mass is 10.1. The van der Waals surface area contributed by atoms with E-state index in [1.54, 1.807) is 42.2 Å². The molecular formula is C22H25ClN2O4S. The lowest BCUT2D eigenvalue weighted by molar-refractivity contribution is -0.118. The number of amides is 2. The molecule has 160 valence electrons. The number of fused-ring (bicyclic) bond motifs is 1. The first kappa shape index (κ1) is 22.3. The average Bonchev–Trinajstić information content (AvgIpc) is 3.04. The number of sulfone groups is 1. The number of carbonyl (C=O) groups excluding carboxylic acids is 2. The van der Waals surface area contributed by atoms with Crippen LogP contribution in [0.2, 0.25) is 5.02 Å². The van der Waals surface area contributed by atoms with Crippen molar-refractivity contribution in [1.29, 1.82) is 0 Å². The molecule has 0 aromatic heterocycles. The van der Waals surface area contributed by atoms with Gasteiger partial charge in [-0.1, -0.05) is 24.6 Å². The number of anilines is 2. The minimum absolute atomic E-state index is 0.00267. The molecule has 1 unspecified atom stereocenters. The molecule has 1 atom stereocenters. The summed E-state index contributed by atoms with van der Waals surface area (Å²) in [6.45, 7) is 5.54. The Hall–Kier alpha value is -2.38. The minimum atomic E-state index is -3.64. The van der Waals surface area contributed by atoms with Gasteiger partial charge in [0.05, 0.1) is 10.6 Å². The Morgan fingerprint density at radius 1 is 1.23 bits per heavy atom. The van der Waals surface area contributed by atoms with Crippen LogP contribution in [0, 0.1) is 6.92 Å². The molecule has 30 heavy (non-hydrogen) atoms. The molecule has 0 saturated heterocycles. The van der Waals surface area contributed by atoms with Crippen LogP contribution in [0.3, 0.4) is 0 Å². The van der Waals surface area contributed by atoms with Crippen LogP contribution in [-0.2, 0) is 25.8 Å². The summed E-state index contributed by atoms with van der Waals surface area (Å²) in [6.07, 6.45) is 0.840. The second-order valence-electron chi connectivity index (χ2n) is 7.49. The quantitative estimate of drug-likeness (QED) is 0.719. The zero-order chi connectivity index (χ0) is 22.1. The molecule has 2 aromatic rings.